The van der Waals surface area contributed by atoms with E-state index in [0.717, 1.165) is 0 Å². The monoisotopic (exact) mass is 397 g/mol. The summed E-state index contributed by atoms with van der Waals surface area (Å²) < 4.78 is 50.6. The molecule has 0 radical (unpaired) electrons. The van der Waals surface area contributed by atoms with Crippen molar-refractivity contribution in [3.8, 4) is 22.2 Å². The quantitative estimate of drug-likeness (QED) is 0.616. The molecule has 1 N–H and O–H groups in total. The highest BCUT2D eigenvalue weighted by Gasteiger charge is 2.22. The SMILES string of the molecule is COCCNS(=O)(=O)c1cc(-c2nc(-c3cccc(F)c3)no2)sc1C. The third-order valence-electron chi connectivity index (χ3n) is 3.48. The molecular formula is C16H16FN3O4S2. The molecule has 0 spiro atoms. The predicted molar refractivity (Wildman–Crippen MR) is 94.8 cm³/mol. The van der Waals surface area contributed by atoms with Gasteiger partial charge in [-0.2, -0.15) is 4.98 Å². The number of aromatic nitrogens is 2. The molecule has 3 rings (SSSR count). The second-order valence-electron chi connectivity index (χ2n) is 5.36. The van der Waals surface area contributed by atoms with E-state index < -0.39 is 15.8 Å². The van der Waals surface area contributed by atoms with Gasteiger partial charge in [-0.1, -0.05) is 17.3 Å². The minimum Gasteiger partial charge on any atom is -0.383 e. The van der Waals surface area contributed by atoms with Gasteiger partial charge in [0.05, 0.1) is 16.4 Å². The van der Waals surface area contributed by atoms with Crippen LogP contribution in [0.25, 0.3) is 22.2 Å². The van der Waals surface area contributed by atoms with E-state index in [2.05, 4.69) is 14.9 Å². The lowest BCUT2D eigenvalue weighted by atomic mass is 10.2. The molecule has 0 fully saturated rings. The molecule has 0 unspecified atom stereocenters. The largest absolute Gasteiger partial charge is 0.383 e. The summed E-state index contributed by atoms with van der Waals surface area (Å²) in [5, 5.41) is 3.84. The van der Waals surface area contributed by atoms with Gasteiger partial charge in [-0.3, -0.25) is 0 Å². The maximum Gasteiger partial charge on any atom is 0.268 e. The average Bonchev–Trinajstić information content (AvgIpc) is 3.22. The van der Waals surface area contributed by atoms with Crippen molar-refractivity contribution in [3.05, 3.63) is 41.0 Å². The number of nitrogens with one attached hydrogen (secondary N) is 1. The Labute approximate surface area is 153 Å². The summed E-state index contributed by atoms with van der Waals surface area (Å²) >= 11 is 1.22. The Bertz CT molecular complexity index is 1010. The van der Waals surface area contributed by atoms with Crippen LogP contribution in [0.5, 0.6) is 0 Å². The van der Waals surface area contributed by atoms with Gasteiger partial charge in [0.1, 0.15) is 5.82 Å². The first-order valence-corrected chi connectivity index (χ1v) is 9.90. The van der Waals surface area contributed by atoms with Gasteiger partial charge < -0.3 is 9.26 Å². The highest BCUT2D eigenvalue weighted by molar-refractivity contribution is 7.89. The molecule has 0 amide bonds. The Kier molecular flexibility index (Phi) is 5.47. The second-order valence-corrected chi connectivity index (χ2v) is 8.35. The van der Waals surface area contributed by atoms with E-state index in [0.29, 0.717) is 15.3 Å². The summed E-state index contributed by atoms with van der Waals surface area (Å²) in [7, 11) is -2.17. The van der Waals surface area contributed by atoms with E-state index in [4.69, 9.17) is 9.26 Å². The minimum atomic E-state index is -3.66. The maximum absolute atomic E-state index is 13.3. The normalized spacial score (nSPS) is 11.8. The van der Waals surface area contributed by atoms with Gasteiger partial charge in [-0.05, 0) is 25.1 Å². The number of hydrogen-bond donors (Lipinski definition) is 1. The molecule has 3 aromatic rings. The molecule has 26 heavy (non-hydrogen) atoms. The summed E-state index contributed by atoms with van der Waals surface area (Å²) in [5.74, 6) is 0.000198. The van der Waals surface area contributed by atoms with Gasteiger partial charge in [0, 0.05) is 24.1 Å². The van der Waals surface area contributed by atoms with Crippen molar-refractivity contribution in [2.75, 3.05) is 20.3 Å². The van der Waals surface area contributed by atoms with E-state index in [9.17, 15) is 12.8 Å². The Balaban J connectivity index is 1.88. The number of benzene rings is 1. The van der Waals surface area contributed by atoms with Gasteiger partial charge in [0.15, 0.2) is 0 Å². The van der Waals surface area contributed by atoms with Crippen LogP contribution in [0.3, 0.4) is 0 Å². The smallest absolute Gasteiger partial charge is 0.268 e. The first-order chi connectivity index (χ1) is 12.4. The Hall–Kier alpha value is -2.14. The molecule has 0 saturated heterocycles. The minimum absolute atomic E-state index is 0.152. The zero-order valence-corrected chi connectivity index (χ0v) is 15.7. The molecule has 1 aromatic carbocycles. The molecule has 138 valence electrons. The summed E-state index contributed by atoms with van der Waals surface area (Å²) in [4.78, 5) is 5.50. The number of methoxy groups -OCH3 is 1. The van der Waals surface area contributed by atoms with Crippen LogP contribution in [0.2, 0.25) is 0 Å². The van der Waals surface area contributed by atoms with Crippen molar-refractivity contribution in [1.29, 1.82) is 0 Å². The van der Waals surface area contributed by atoms with Crippen LogP contribution in [0, 0.1) is 12.7 Å². The number of sulfonamides is 1. The predicted octanol–water partition coefficient (Wildman–Crippen LogP) is 2.84. The third-order valence-corrected chi connectivity index (χ3v) is 6.23. The summed E-state index contributed by atoms with van der Waals surface area (Å²) in [5.41, 5.74) is 0.474. The summed E-state index contributed by atoms with van der Waals surface area (Å²) in [6.07, 6.45) is 0. The molecule has 2 aromatic heterocycles. The molecule has 10 heteroatoms. The number of aryl methyl sites for hydroxylation is 1. The Morgan fingerprint density at radius 2 is 2.15 bits per heavy atom. The van der Waals surface area contributed by atoms with Crippen molar-refractivity contribution >= 4 is 21.4 Å². The van der Waals surface area contributed by atoms with Crippen LogP contribution in [0.1, 0.15) is 4.88 Å². The van der Waals surface area contributed by atoms with Gasteiger partial charge in [-0.25, -0.2) is 17.5 Å². The van der Waals surface area contributed by atoms with Crippen molar-refractivity contribution in [2.24, 2.45) is 0 Å². The van der Waals surface area contributed by atoms with E-state index in [-0.39, 0.29) is 29.8 Å². The zero-order valence-electron chi connectivity index (χ0n) is 14.0. The van der Waals surface area contributed by atoms with Gasteiger partial charge in [0.2, 0.25) is 15.8 Å². The van der Waals surface area contributed by atoms with E-state index in [1.54, 1.807) is 19.1 Å². The fourth-order valence-corrected chi connectivity index (χ4v) is 4.79. The summed E-state index contributed by atoms with van der Waals surface area (Å²) in [6.45, 7) is 2.15. The molecule has 7 nitrogen and oxygen atoms in total. The fraction of sp³-hybridized carbons (Fsp3) is 0.250. The highest BCUT2D eigenvalue weighted by atomic mass is 32.2. The number of hydrogen-bond acceptors (Lipinski definition) is 7. The molecule has 0 aliphatic rings. The van der Waals surface area contributed by atoms with Crippen LogP contribution in [0.15, 0.2) is 39.8 Å². The van der Waals surface area contributed by atoms with E-state index in [1.165, 1.54) is 36.6 Å². The number of thiophene rings is 1. The van der Waals surface area contributed by atoms with Crippen LogP contribution in [-0.2, 0) is 14.8 Å². The first kappa shape index (κ1) is 18.6. The standard InChI is InChI=1S/C16H16FN3O4S2/c1-10-14(26(21,22)18-6-7-23-2)9-13(25-10)16-19-15(20-24-16)11-4-3-5-12(17)8-11/h3-5,8-9,18H,6-7H2,1-2H3. The van der Waals surface area contributed by atoms with Crippen molar-refractivity contribution in [2.45, 2.75) is 11.8 Å². The fourth-order valence-electron chi connectivity index (χ4n) is 2.26. The summed E-state index contributed by atoms with van der Waals surface area (Å²) in [6, 6.07) is 7.31. The van der Waals surface area contributed by atoms with E-state index in [1.807, 2.05) is 0 Å². The lowest BCUT2D eigenvalue weighted by Crippen LogP contribution is -2.27. The maximum atomic E-state index is 13.3. The number of halogens is 1. The molecule has 2 heterocycles. The lowest BCUT2D eigenvalue weighted by Gasteiger charge is -2.04. The van der Waals surface area contributed by atoms with E-state index >= 15 is 0 Å². The van der Waals surface area contributed by atoms with Crippen LogP contribution >= 0.6 is 11.3 Å². The molecule has 0 atom stereocenters. The van der Waals surface area contributed by atoms with Crippen LogP contribution in [0.4, 0.5) is 4.39 Å². The first-order valence-electron chi connectivity index (χ1n) is 7.60. The van der Waals surface area contributed by atoms with Crippen LogP contribution in [-0.4, -0.2) is 38.8 Å². The number of ether oxygens (including phenoxy) is 1. The van der Waals surface area contributed by atoms with Gasteiger partial charge in [-0.15, -0.1) is 11.3 Å². The third kappa shape index (κ3) is 3.98. The van der Waals surface area contributed by atoms with Crippen LogP contribution < -0.4 is 4.72 Å². The number of nitrogens with zero attached hydrogens (tertiary/aromatic N) is 2. The molecule has 0 aliphatic carbocycles. The topological polar surface area (TPSA) is 94.3 Å². The molecular weight excluding hydrogens is 381 g/mol. The Morgan fingerprint density at radius 3 is 2.88 bits per heavy atom. The number of rotatable bonds is 7. The van der Waals surface area contributed by atoms with Gasteiger partial charge >= 0.3 is 0 Å². The lowest BCUT2D eigenvalue weighted by molar-refractivity contribution is 0.204. The average molecular weight is 397 g/mol. The van der Waals surface area contributed by atoms with Crippen molar-refractivity contribution in [3.63, 3.8) is 0 Å². The zero-order chi connectivity index (χ0) is 18.7. The van der Waals surface area contributed by atoms with Crippen molar-refractivity contribution in [1.82, 2.24) is 14.9 Å². The molecule has 0 bridgehead atoms. The molecule has 0 aliphatic heterocycles. The Morgan fingerprint density at radius 1 is 1.35 bits per heavy atom. The second kappa shape index (κ2) is 7.62. The van der Waals surface area contributed by atoms with Gasteiger partial charge in [0.25, 0.3) is 5.89 Å². The highest BCUT2D eigenvalue weighted by Crippen LogP contribution is 2.33. The molecule has 0 saturated carbocycles. The van der Waals surface area contributed by atoms with Crippen molar-refractivity contribution < 1.29 is 22.1 Å².